The molecule has 3 aromatic rings. The number of fused-ring (bicyclic) bond motifs is 1. The van der Waals surface area contributed by atoms with Gasteiger partial charge in [0, 0.05) is 19.5 Å². The van der Waals surface area contributed by atoms with E-state index in [4.69, 9.17) is 10.2 Å². The number of hydrogen-bond acceptors (Lipinski definition) is 5. The Morgan fingerprint density at radius 3 is 2.40 bits per heavy atom. The maximum Gasteiger partial charge on any atom is 0.264 e. The van der Waals surface area contributed by atoms with Crippen molar-refractivity contribution >= 4 is 28.7 Å². The third-order valence-electron chi connectivity index (χ3n) is 4.76. The fourth-order valence-corrected chi connectivity index (χ4v) is 3.22. The number of aromatic nitrogens is 1. The summed E-state index contributed by atoms with van der Waals surface area (Å²) in [7, 11) is 0. The minimum atomic E-state index is -0.637. The highest BCUT2D eigenvalue weighted by atomic mass is 16.4. The lowest BCUT2D eigenvalue weighted by molar-refractivity contribution is -0.135. The molecule has 0 saturated carbocycles. The Morgan fingerprint density at radius 2 is 1.67 bits per heavy atom. The summed E-state index contributed by atoms with van der Waals surface area (Å²) in [6.07, 6.45) is 2.18. The Kier molecular flexibility index (Phi) is 7.32. The van der Waals surface area contributed by atoms with Gasteiger partial charge in [-0.2, -0.15) is 0 Å². The number of para-hydroxylation sites is 2. The largest absolute Gasteiger partial charge is 0.434 e. The number of carbonyl (C=O) groups is 3. The van der Waals surface area contributed by atoms with Crippen molar-refractivity contribution in [2.24, 2.45) is 5.73 Å². The van der Waals surface area contributed by atoms with Crippen LogP contribution in [-0.4, -0.2) is 34.0 Å². The normalized spacial score (nSPS) is 10.8. The van der Waals surface area contributed by atoms with Gasteiger partial charge in [0.05, 0.1) is 0 Å². The van der Waals surface area contributed by atoms with Crippen molar-refractivity contribution < 1.29 is 18.8 Å². The first-order chi connectivity index (χ1) is 14.5. The van der Waals surface area contributed by atoms with E-state index in [9.17, 15) is 14.4 Å². The van der Waals surface area contributed by atoms with Crippen LogP contribution in [0.4, 0.5) is 0 Å². The van der Waals surface area contributed by atoms with Crippen LogP contribution in [0.5, 0.6) is 0 Å². The van der Waals surface area contributed by atoms with Gasteiger partial charge in [-0.1, -0.05) is 48.9 Å². The number of ketones is 1. The number of rotatable bonds is 11. The Labute approximate surface area is 174 Å². The van der Waals surface area contributed by atoms with Crippen molar-refractivity contribution in [3.05, 3.63) is 66.1 Å². The van der Waals surface area contributed by atoms with E-state index in [0.29, 0.717) is 37.0 Å². The molecule has 7 nitrogen and oxygen atoms in total. The molecule has 0 fully saturated rings. The third kappa shape index (κ3) is 6.01. The molecule has 0 radical (unpaired) electrons. The molecule has 2 amide bonds. The molecule has 0 aliphatic heterocycles. The lowest BCUT2D eigenvalue weighted by atomic mass is 10.1. The Hall–Kier alpha value is -3.48. The molecule has 1 heterocycles. The van der Waals surface area contributed by atoms with Gasteiger partial charge < -0.3 is 15.1 Å². The topological polar surface area (TPSA) is 106 Å². The van der Waals surface area contributed by atoms with Crippen LogP contribution < -0.4 is 5.73 Å². The summed E-state index contributed by atoms with van der Waals surface area (Å²) in [6, 6.07) is 16.9. The van der Waals surface area contributed by atoms with Crippen LogP contribution in [0.3, 0.4) is 0 Å². The van der Waals surface area contributed by atoms with Crippen molar-refractivity contribution in [1.29, 1.82) is 0 Å². The molecule has 156 valence electrons. The Bertz CT molecular complexity index is 980. The van der Waals surface area contributed by atoms with Gasteiger partial charge >= 0.3 is 0 Å². The Balaban J connectivity index is 1.47. The van der Waals surface area contributed by atoms with Crippen molar-refractivity contribution in [3.8, 4) is 0 Å². The summed E-state index contributed by atoms with van der Waals surface area (Å²) >= 11 is 0. The second-order valence-electron chi connectivity index (χ2n) is 7.16. The van der Waals surface area contributed by atoms with Crippen molar-refractivity contribution in [1.82, 2.24) is 9.88 Å². The SMILES string of the molecule is NC(=O)CC(=O)N(CCCCCC(=O)c1nc2ccccc2o1)Cc1ccccc1. The molecule has 0 bridgehead atoms. The van der Waals surface area contributed by atoms with E-state index < -0.39 is 5.91 Å². The van der Waals surface area contributed by atoms with Gasteiger partial charge in [0.25, 0.3) is 5.89 Å². The van der Waals surface area contributed by atoms with Gasteiger partial charge in [-0.3, -0.25) is 14.4 Å². The van der Waals surface area contributed by atoms with Gasteiger partial charge in [0.2, 0.25) is 17.6 Å². The summed E-state index contributed by atoms with van der Waals surface area (Å²) in [5.74, 6) is -0.911. The number of oxazole rings is 1. The monoisotopic (exact) mass is 407 g/mol. The number of nitrogens with two attached hydrogens (primary N) is 1. The van der Waals surface area contributed by atoms with Gasteiger partial charge in [-0.15, -0.1) is 0 Å². The van der Waals surface area contributed by atoms with E-state index in [1.165, 1.54) is 0 Å². The standard InChI is InChI=1S/C23H25N3O4/c24-21(28)15-22(29)26(16-17-9-3-1-4-10-17)14-8-2-5-12-19(27)23-25-18-11-6-7-13-20(18)30-23/h1,3-4,6-7,9-11,13H,2,5,8,12,14-16H2,(H2,24,28). The zero-order valence-electron chi connectivity index (χ0n) is 16.8. The average Bonchev–Trinajstić information content (AvgIpc) is 3.17. The van der Waals surface area contributed by atoms with Crippen molar-refractivity contribution in [2.45, 2.75) is 38.6 Å². The van der Waals surface area contributed by atoms with Crippen LogP contribution in [-0.2, 0) is 16.1 Å². The highest BCUT2D eigenvalue weighted by Gasteiger charge is 2.17. The minimum Gasteiger partial charge on any atom is -0.434 e. The van der Waals surface area contributed by atoms with E-state index in [1.54, 1.807) is 17.0 Å². The third-order valence-corrected chi connectivity index (χ3v) is 4.76. The van der Waals surface area contributed by atoms with Crippen LogP contribution in [0.15, 0.2) is 59.0 Å². The number of primary amides is 1. The predicted molar refractivity (Wildman–Crippen MR) is 112 cm³/mol. The average molecular weight is 407 g/mol. The van der Waals surface area contributed by atoms with E-state index in [1.807, 2.05) is 42.5 Å². The smallest absolute Gasteiger partial charge is 0.264 e. The molecule has 30 heavy (non-hydrogen) atoms. The quantitative estimate of drug-likeness (QED) is 0.297. The number of hydrogen-bond donors (Lipinski definition) is 1. The Morgan fingerprint density at radius 1 is 0.933 bits per heavy atom. The molecule has 0 aliphatic carbocycles. The van der Waals surface area contributed by atoms with Crippen LogP contribution >= 0.6 is 0 Å². The minimum absolute atomic E-state index is 0.128. The summed E-state index contributed by atoms with van der Waals surface area (Å²) in [4.78, 5) is 41.7. The maximum absolute atomic E-state index is 12.4. The molecule has 2 N–H and O–H groups in total. The van der Waals surface area contributed by atoms with Gasteiger partial charge in [0.1, 0.15) is 11.9 Å². The predicted octanol–water partition coefficient (Wildman–Crippen LogP) is 3.48. The number of amides is 2. The first kappa shape index (κ1) is 21.2. The van der Waals surface area contributed by atoms with Crippen molar-refractivity contribution in [2.75, 3.05) is 6.54 Å². The number of Topliss-reactive ketones (excluding diaryl/α,β-unsaturated/α-hetero) is 1. The number of benzene rings is 2. The van der Waals surface area contributed by atoms with E-state index in [2.05, 4.69) is 4.98 Å². The van der Waals surface area contributed by atoms with Crippen LogP contribution in [0.2, 0.25) is 0 Å². The lowest BCUT2D eigenvalue weighted by Gasteiger charge is -2.22. The van der Waals surface area contributed by atoms with Gasteiger partial charge in [0.15, 0.2) is 5.58 Å². The second-order valence-corrected chi connectivity index (χ2v) is 7.16. The molecule has 3 rings (SSSR count). The number of carbonyl (C=O) groups excluding carboxylic acids is 3. The first-order valence-corrected chi connectivity index (χ1v) is 10.0. The molecular weight excluding hydrogens is 382 g/mol. The molecular formula is C23H25N3O4. The van der Waals surface area contributed by atoms with Crippen LogP contribution in [0, 0.1) is 0 Å². The molecule has 0 aliphatic rings. The highest BCUT2D eigenvalue weighted by Crippen LogP contribution is 2.17. The van der Waals surface area contributed by atoms with Crippen LogP contribution in [0.1, 0.15) is 48.4 Å². The molecule has 0 atom stereocenters. The lowest BCUT2D eigenvalue weighted by Crippen LogP contribution is -2.34. The number of unbranched alkanes of at least 4 members (excludes halogenated alkanes) is 2. The molecule has 0 unspecified atom stereocenters. The number of nitrogens with zero attached hydrogens (tertiary/aromatic N) is 2. The van der Waals surface area contributed by atoms with E-state index in [-0.39, 0.29) is 24.0 Å². The summed E-state index contributed by atoms with van der Waals surface area (Å²) in [5, 5.41) is 0. The van der Waals surface area contributed by atoms with E-state index >= 15 is 0 Å². The molecule has 2 aromatic carbocycles. The van der Waals surface area contributed by atoms with Gasteiger partial charge in [-0.25, -0.2) is 4.98 Å². The second kappa shape index (κ2) is 10.3. The summed E-state index contributed by atoms with van der Waals surface area (Å²) < 4.78 is 5.50. The molecule has 0 spiro atoms. The molecule has 7 heteroatoms. The fourth-order valence-electron chi connectivity index (χ4n) is 3.22. The highest BCUT2D eigenvalue weighted by molar-refractivity contribution is 5.96. The van der Waals surface area contributed by atoms with Crippen LogP contribution in [0.25, 0.3) is 11.1 Å². The summed E-state index contributed by atoms with van der Waals surface area (Å²) in [5.41, 5.74) is 7.44. The maximum atomic E-state index is 12.4. The summed E-state index contributed by atoms with van der Waals surface area (Å²) in [6.45, 7) is 0.923. The first-order valence-electron chi connectivity index (χ1n) is 10.0. The fraction of sp³-hybridized carbons (Fsp3) is 0.304. The van der Waals surface area contributed by atoms with Gasteiger partial charge in [-0.05, 0) is 30.5 Å². The molecule has 0 saturated heterocycles. The zero-order valence-corrected chi connectivity index (χ0v) is 16.8. The van der Waals surface area contributed by atoms with E-state index in [0.717, 1.165) is 18.4 Å². The zero-order chi connectivity index (χ0) is 21.3. The van der Waals surface area contributed by atoms with Crippen molar-refractivity contribution in [3.63, 3.8) is 0 Å². The molecule has 1 aromatic heterocycles.